The van der Waals surface area contributed by atoms with Crippen LogP contribution in [0.4, 0.5) is 5.69 Å². The van der Waals surface area contributed by atoms with Crippen molar-refractivity contribution in [3.63, 3.8) is 0 Å². The van der Waals surface area contributed by atoms with Crippen LogP contribution < -0.4 is 10.6 Å². The number of aryl methyl sites for hydroxylation is 1. The average molecular weight is 318 g/mol. The lowest BCUT2D eigenvalue weighted by Gasteiger charge is -2.28. The fourth-order valence-corrected chi connectivity index (χ4v) is 3.24. The van der Waals surface area contributed by atoms with Crippen LogP contribution in [0.2, 0.25) is 0 Å². The van der Waals surface area contributed by atoms with Crippen molar-refractivity contribution in [1.29, 1.82) is 0 Å². The van der Waals surface area contributed by atoms with Crippen molar-refractivity contribution < 1.29 is 4.79 Å². The standard InChI is InChI=1S/C19H18N4O/c1-12-17(13(2)23(22-12)14-8-4-3-5-9-14)18-20-16-11-7-6-10-15(16)19(24)21-18/h3-11,18,20H,1-2H3,(H,21,24)/t18-/m0/s1. The van der Waals surface area contributed by atoms with Crippen molar-refractivity contribution in [3.8, 4) is 5.69 Å². The summed E-state index contributed by atoms with van der Waals surface area (Å²) in [6, 6.07) is 17.5. The number of aromatic nitrogens is 2. The van der Waals surface area contributed by atoms with Gasteiger partial charge in [0, 0.05) is 16.9 Å². The summed E-state index contributed by atoms with van der Waals surface area (Å²) in [5, 5.41) is 11.1. The first kappa shape index (κ1) is 14.5. The molecular weight excluding hydrogens is 300 g/mol. The largest absolute Gasteiger partial charge is 0.361 e. The van der Waals surface area contributed by atoms with Crippen molar-refractivity contribution in [1.82, 2.24) is 15.1 Å². The van der Waals surface area contributed by atoms with Gasteiger partial charge < -0.3 is 10.6 Å². The number of rotatable bonds is 2. The van der Waals surface area contributed by atoms with Gasteiger partial charge >= 0.3 is 0 Å². The summed E-state index contributed by atoms with van der Waals surface area (Å²) in [5.41, 5.74) is 5.43. The molecule has 2 heterocycles. The summed E-state index contributed by atoms with van der Waals surface area (Å²) in [5.74, 6) is -0.0689. The van der Waals surface area contributed by atoms with E-state index in [-0.39, 0.29) is 12.1 Å². The van der Waals surface area contributed by atoms with E-state index in [2.05, 4.69) is 15.7 Å². The lowest BCUT2D eigenvalue weighted by Crippen LogP contribution is -2.38. The van der Waals surface area contributed by atoms with Gasteiger partial charge in [0.15, 0.2) is 0 Å². The Kier molecular flexibility index (Phi) is 3.34. The molecule has 2 aromatic carbocycles. The predicted molar refractivity (Wildman–Crippen MR) is 93.3 cm³/mol. The number of nitrogens with one attached hydrogen (secondary N) is 2. The molecule has 0 radical (unpaired) electrons. The fourth-order valence-electron chi connectivity index (χ4n) is 3.24. The number of anilines is 1. The molecule has 1 aliphatic heterocycles. The van der Waals surface area contributed by atoms with Crippen LogP contribution >= 0.6 is 0 Å². The van der Waals surface area contributed by atoms with Crippen LogP contribution in [0.1, 0.15) is 33.5 Å². The Balaban J connectivity index is 1.76. The van der Waals surface area contributed by atoms with E-state index in [1.54, 1.807) is 0 Å². The van der Waals surface area contributed by atoms with E-state index in [9.17, 15) is 4.79 Å². The molecule has 0 saturated heterocycles. The van der Waals surface area contributed by atoms with E-state index in [1.165, 1.54) is 0 Å². The first-order valence-electron chi connectivity index (χ1n) is 7.93. The molecule has 1 aromatic heterocycles. The van der Waals surface area contributed by atoms with Gasteiger partial charge in [-0.25, -0.2) is 4.68 Å². The molecule has 5 nitrogen and oxygen atoms in total. The number of carbonyl (C=O) groups excluding carboxylic acids is 1. The SMILES string of the molecule is Cc1nn(-c2ccccc2)c(C)c1[C@@H]1NC(=O)c2ccccc2N1. The maximum atomic E-state index is 12.4. The third-order valence-electron chi connectivity index (χ3n) is 4.38. The second-order valence-corrected chi connectivity index (χ2v) is 5.93. The van der Waals surface area contributed by atoms with Crippen LogP contribution in [0.25, 0.3) is 5.69 Å². The minimum atomic E-state index is -0.287. The molecule has 0 bridgehead atoms. The Hall–Kier alpha value is -3.08. The molecule has 0 saturated carbocycles. The van der Waals surface area contributed by atoms with Crippen LogP contribution in [0.5, 0.6) is 0 Å². The van der Waals surface area contributed by atoms with Gasteiger partial charge in [-0.05, 0) is 38.1 Å². The van der Waals surface area contributed by atoms with E-state index in [0.29, 0.717) is 5.56 Å². The third-order valence-corrected chi connectivity index (χ3v) is 4.38. The van der Waals surface area contributed by atoms with Gasteiger partial charge in [-0.3, -0.25) is 4.79 Å². The van der Waals surface area contributed by atoms with Crippen LogP contribution in [0.3, 0.4) is 0 Å². The highest BCUT2D eigenvalue weighted by molar-refractivity contribution is 6.01. The smallest absolute Gasteiger partial charge is 0.255 e. The Bertz CT molecular complexity index is 914. The molecule has 0 spiro atoms. The minimum Gasteiger partial charge on any atom is -0.361 e. The van der Waals surface area contributed by atoms with E-state index in [4.69, 9.17) is 0 Å². The van der Waals surface area contributed by atoms with Gasteiger partial charge in [-0.15, -0.1) is 0 Å². The van der Waals surface area contributed by atoms with Gasteiger partial charge in [-0.1, -0.05) is 30.3 Å². The molecule has 0 aliphatic carbocycles. The van der Waals surface area contributed by atoms with Crippen molar-refractivity contribution in [2.24, 2.45) is 0 Å². The first-order chi connectivity index (χ1) is 11.6. The summed E-state index contributed by atoms with van der Waals surface area (Å²) in [6.45, 7) is 3.99. The van der Waals surface area contributed by atoms with Gasteiger partial charge in [0.2, 0.25) is 0 Å². The minimum absolute atomic E-state index is 0.0689. The van der Waals surface area contributed by atoms with Crippen LogP contribution in [0.15, 0.2) is 54.6 Å². The van der Waals surface area contributed by atoms with Crippen LogP contribution in [0, 0.1) is 13.8 Å². The lowest BCUT2D eigenvalue weighted by atomic mass is 10.0. The summed E-state index contributed by atoms with van der Waals surface area (Å²) in [4.78, 5) is 12.4. The van der Waals surface area contributed by atoms with Gasteiger partial charge in [-0.2, -0.15) is 5.10 Å². The molecule has 0 fully saturated rings. The molecule has 0 unspecified atom stereocenters. The molecule has 1 atom stereocenters. The number of nitrogens with zero attached hydrogens (tertiary/aromatic N) is 2. The Labute approximate surface area is 140 Å². The monoisotopic (exact) mass is 318 g/mol. The lowest BCUT2D eigenvalue weighted by molar-refractivity contribution is 0.0935. The van der Waals surface area contributed by atoms with E-state index in [0.717, 1.165) is 28.3 Å². The topological polar surface area (TPSA) is 59.0 Å². The van der Waals surface area contributed by atoms with E-state index < -0.39 is 0 Å². The summed E-state index contributed by atoms with van der Waals surface area (Å²) in [6.07, 6.45) is -0.287. The molecular formula is C19H18N4O. The highest BCUT2D eigenvalue weighted by atomic mass is 16.2. The molecule has 4 rings (SSSR count). The molecule has 2 N–H and O–H groups in total. The van der Waals surface area contributed by atoms with Crippen molar-refractivity contribution in [2.45, 2.75) is 20.0 Å². The zero-order valence-corrected chi connectivity index (χ0v) is 13.6. The Morgan fingerprint density at radius 2 is 1.67 bits per heavy atom. The number of para-hydroxylation sites is 2. The number of hydrogen-bond acceptors (Lipinski definition) is 3. The maximum Gasteiger partial charge on any atom is 0.255 e. The average Bonchev–Trinajstić information content (AvgIpc) is 2.90. The van der Waals surface area contributed by atoms with Crippen LogP contribution in [-0.4, -0.2) is 15.7 Å². The molecule has 120 valence electrons. The van der Waals surface area contributed by atoms with E-state index in [1.807, 2.05) is 73.1 Å². The normalized spacial score (nSPS) is 16.2. The van der Waals surface area contributed by atoms with Crippen LogP contribution in [-0.2, 0) is 0 Å². The zero-order chi connectivity index (χ0) is 16.7. The van der Waals surface area contributed by atoms with Crippen molar-refractivity contribution in [3.05, 3.63) is 77.1 Å². The highest BCUT2D eigenvalue weighted by Crippen LogP contribution is 2.30. The number of carbonyl (C=O) groups is 1. The molecule has 1 amide bonds. The van der Waals surface area contributed by atoms with Gasteiger partial charge in [0.1, 0.15) is 6.17 Å². The second kappa shape index (κ2) is 5.53. The number of hydrogen-bond donors (Lipinski definition) is 2. The highest BCUT2D eigenvalue weighted by Gasteiger charge is 2.28. The number of amides is 1. The van der Waals surface area contributed by atoms with Gasteiger partial charge in [0.25, 0.3) is 5.91 Å². The molecule has 5 heteroatoms. The summed E-state index contributed by atoms with van der Waals surface area (Å²) in [7, 11) is 0. The van der Waals surface area contributed by atoms with Crippen molar-refractivity contribution >= 4 is 11.6 Å². The number of fused-ring (bicyclic) bond motifs is 1. The predicted octanol–water partition coefficient (Wildman–Crippen LogP) is 3.34. The molecule has 1 aliphatic rings. The second-order valence-electron chi connectivity index (χ2n) is 5.93. The summed E-state index contributed by atoms with van der Waals surface area (Å²) < 4.78 is 1.92. The van der Waals surface area contributed by atoms with Crippen molar-refractivity contribution in [2.75, 3.05) is 5.32 Å². The summed E-state index contributed by atoms with van der Waals surface area (Å²) >= 11 is 0. The number of benzene rings is 2. The van der Waals surface area contributed by atoms with E-state index >= 15 is 0 Å². The maximum absolute atomic E-state index is 12.4. The molecule has 3 aromatic rings. The Morgan fingerprint density at radius 1 is 0.958 bits per heavy atom. The third kappa shape index (κ3) is 2.25. The zero-order valence-electron chi connectivity index (χ0n) is 13.6. The molecule has 24 heavy (non-hydrogen) atoms. The quantitative estimate of drug-likeness (QED) is 0.762. The first-order valence-corrected chi connectivity index (χ1v) is 7.93. The van der Waals surface area contributed by atoms with Gasteiger partial charge in [0.05, 0.1) is 16.9 Å². The Morgan fingerprint density at radius 3 is 2.46 bits per heavy atom. The fraction of sp³-hybridized carbons (Fsp3) is 0.158.